The number of hydrogen-bond donors (Lipinski definition) is 1. The summed E-state index contributed by atoms with van der Waals surface area (Å²) in [6.45, 7) is 8.87. The number of rotatable bonds is 4. The number of fused-ring (bicyclic) bond motifs is 1. The lowest BCUT2D eigenvalue weighted by atomic mass is 9.79. The van der Waals surface area contributed by atoms with Crippen LogP contribution in [0.3, 0.4) is 0 Å². The number of nitrogens with two attached hydrogens (primary N) is 1. The Morgan fingerprint density at radius 3 is 2.79 bits per heavy atom. The van der Waals surface area contributed by atoms with Gasteiger partial charge in [-0.1, -0.05) is 44.9 Å². The lowest BCUT2D eigenvalue weighted by Crippen LogP contribution is -2.43. The molecule has 1 aliphatic heterocycles. The van der Waals surface area contributed by atoms with Crippen LogP contribution in [0, 0.1) is 12.8 Å². The molecule has 3 atom stereocenters. The van der Waals surface area contributed by atoms with Gasteiger partial charge in [-0.2, -0.15) is 0 Å². The third kappa shape index (κ3) is 2.94. The largest absolute Gasteiger partial charge is 0.487 e. The van der Waals surface area contributed by atoms with Crippen LogP contribution >= 0.6 is 0 Å². The molecule has 0 aromatic heterocycles. The van der Waals surface area contributed by atoms with Crippen molar-refractivity contribution in [1.29, 1.82) is 0 Å². The average Bonchev–Trinajstić information content (AvgIpc) is 2.39. The molecule has 2 N–H and O–H groups in total. The second-order valence-electron chi connectivity index (χ2n) is 6.21. The summed E-state index contributed by atoms with van der Waals surface area (Å²) < 4.78 is 6.39. The quantitative estimate of drug-likeness (QED) is 0.874. The van der Waals surface area contributed by atoms with Gasteiger partial charge in [0, 0.05) is 18.0 Å². The number of aryl methyl sites for hydroxylation is 1. The highest BCUT2D eigenvalue weighted by Gasteiger charge is 2.39. The van der Waals surface area contributed by atoms with E-state index in [0.717, 1.165) is 25.0 Å². The van der Waals surface area contributed by atoms with Crippen LogP contribution in [0.2, 0.25) is 0 Å². The maximum absolute atomic E-state index is 6.40. The van der Waals surface area contributed by atoms with Gasteiger partial charge >= 0.3 is 0 Å². The molecule has 0 aliphatic carbocycles. The average molecular weight is 261 g/mol. The van der Waals surface area contributed by atoms with Crippen molar-refractivity contribution in [2.45, 2.75) is 65.0 Å². The highest BCUT2D eigenvalue weighted by atomic mass is 16.5. The first-order valence-corrected chi connectivity index (χ1v) is 7.55. The van der Waals surface area contributed by atoms with Gasteiger partial charge in [-0.3, -0.25) is 0 Å². The summed E-state index contributed by atoms with van der Waals surface area (Å²) in [5, 5.41) is 0. The van der Waals surface area contributed by atoms with Gasteiger partial charge in [-0.25, -0.2) is 0 Å². The molecule has 2 heteroatoms. The van der Waals surface area contributed by atoms with Crippen LogP contribution in [0.25, 0.3) is 0 Å². The zero-order valence-corrected chi connectivity index (χ0v) is 12.7. The Hall–Kier alpha value is -1.02. The summed E-state index contributed by atoms with van der Waals surface area (Å²) in [6, 6.07) is 6.47. The van der Waals surface area contributed by atoms with Crippen LogP contribution in [-0.4, -0.2) is 5.60 Å². The Labute approximate surface area is 117 Å². The summed E-state index contributed by atoms with van der Waals surface area (Å²) in [6.07, 6.45) is 4.25. The maximum Gasteiger partial charge on any atom is 0.124 e. The van der Waals surface area contributed by atoms with Gasteiger partial charge in [0.15, 0.2) is 0 Å². The minimum atomic E-state index is -0.0723. The first-order chi connectivity index (χ1) is 8.99. The second-order valence-corrected chi connectivity index (χ2v) is 6.21. The van der Waals surface area contributed by atoms with E-state index in [2.05, 4.69) is 45.9 Å². The summed E-state index contributed by atoms with van der Waals surface area (Å²) in [5.41, 5.74) is 8.76. The van der Waals surface area contributed by atoms with Crippen LogP contribution < -0.4 is 10.5 Å². The van der Waals surface area contributed by atoms with Gasteiger partial charge in [0.2, 0.25) is 0 Å². The topological polar surface area (TPSA) is 35.2 Å². The van der Waals surface area contributed by atoms with Crippen molar-refractivity contribution >= 4 is 0 Å². The van der Waals surface area contributed by atoms with Gasteiger partial charge in [-0.15, -0.1) is 0 Å². The van der Waals surface area contributed by atoms with Crippen molar-refractivity contribution in [3.8, 4) is 5.75 Å². The lowest BCUT2D eigenvalue weighted by molar-refractivity contribution is 0.0104. The highest BCUT2D eigenvalue weighted by Crippen LogP contribution is 2.43. The molecule has 0 radical (unpaired) electrons. The molecule has 2 unspecified atom stereocenters. The summed E-state index contributed by atoms with van der Waals surface area (Å²) in [7, 11) is 0. The maximum atomic E-state index is 6.40. The van der Waals surface area contributed by atoms with Gasteiger partial charge in [-0.05, 0) is 31.7 Å². The Kier molecular flexibility index (Phi) is 4.19. The molecule has 2 nitrogen and oxygen atoms in total. The Bertz CT molecular complexity index is 443. The van der Waals surface area contributed by atoms with E-state index in [4.69, 9.17) is 10.5 Å². The minimum absolute atomic E-state index is 0.0723. The first kappa shape index (κ1) is 14.4. The molecule has 0 fully saturated rings. The lowest BCUT2D eigenvalue weighted by Gasteiger charge is -2.42. The van der Waals surface area contributed by atoms with Crippen molar-refractivity contribution in [1.82, 2.24) is 0 Å². The molecular formula is C17H27NO. The van der Waals surface area contributed by atoms with E-state index in [9.17, 15) is 0 Å². The molecule has 0 bridgehead atoms. The smallest absolute Gasteiger partial charge is 0.124 e. The van der Waals surface area contributed by atoms with Crippen molar-refractivity contribution in [3.63, 3.8) is 0 Å². The van der Waals surface area contributed by atoms with Crippen molar-refractivity contribution in [3.05, 3.63) is 29.3 Å². The van der Waals surface area contributed by atoms with E-state index >= 15 is 0 Å². The fraction of sp³-hybridized carbons (Fsp3) is 0.647. The zero-order chi connectivity index (χ0) is 14.0. The monoisotopic (exact) mass is 261 g/mol. The molecule has 0 amide bonds. The third-order valence-electron chi connectivity index (χ3n) is 4.54. The van der Waals surface area contributed by atoms with Crippen LogP contribution in [0.1, 0.15) is 63.6 Å². The van der Waals surface area contributed by atoms with Crippen molar-refractivity contribution in [2.24, 2.45) is 11.7 Å². The second kappa shape index (κ2) is 5.54. The van der Waals surface area contributed by atoms with Crippen LogP contribution in [-0.2, 0) is 0 Å². The standard InChI is InChI=1S/C17H27NO/c1-5-12(3)10-17(6-2)11-15(18)14-9-13(4)7-8-16(14)19-17/h7-9,12,15H,5-6,10-11,18H2,1-4H3/t12?,15-,17?/m1/s1. The molecule has 19 heavy (non-hydrogen) atoms. The van der Waals surface area contributed by atoms with Gasteiger partial charge in [0.25, 0.3) is 0 Å². The number of ether oxygens (including phenoxy) is 1. The molecule has 1 aliphatic rings. The van der Waals surface area contributed by atoms with E-state index in [0.29, 0.717) is 5.92 Å². The first-order valence-electron chi connectivity index (χ1n) is 7.55. The van der Waals surface area contributed by atoms with Crippen LogP contribution in [0.5, 0.6) is 5.75 Å². The van der Waals surface area contributed by atoms with E-state index in [1.807, 2.05) is 0 Å². The minimum Gasteiger partial charge on any atom is -0.487 e. The molecule has 2 rings (SSSR count). The molecule has 1 aromatic rings. The number of hydrogen-bond acceptors (Lipinski definition) is 2. The summed E-state index contributed by atoms with van der Waals surface area (Å²) in [4.78, 5) is 0. The third-order valence-corrected chi connectivity index (χ3v) is 4.54. The van der Waals surface area contributed by atoms with Gasteiger partial charge in [0.1, 0.15) is 11.4 Å². The normalized spacial score (nSPS) is 27.5. The fourth-order valence-corrected chi connectivity index (χ4v) is 3.10. The molecule has 1 heterocycles. The highest BCUT2D eigenvalue weighted by molar-refractivity contribution is 5.41. The molecular weight excluding hydrogens is 234 g/mol. The fourth-order valence-electron chi connectivity index (χ4n) is 3.10. The summed E-state index contributed by atoms with van der Waals surface area (Å²) >= 11 is 0. The van der Waals surface area contributed by atoms with Crippen molar-refractivity contribution < 1.29 is 4.74 Å². The molecule has 0 spiro atoms. The molecule has 106 valence electrons. The predicted molar refractivity (Wildman–Crippen MR) is 80.4 cm³/mol. The Balaban J connectivity index is 2.29. The van der Waals surface area contributed by atoms with Crippen molar-refractivity contribution in [2.75, 3.05) is 0 Å². The van der Waals surface area contributed by atoms with Crippen LogP contribution in [0.4, 0.5) is 0 Å². The molecule has 0 saturated carbocycles. The van der Waals surface area contributed by atoms with E-state index in [1.165, 1.54) is 17.5 Å². The number of benzene rings is 1. The SMILES string of the molecule is CCC(C)CC1(CC)C[C@@H](N)c2cc(C)ccc2O1. The predicted octanol–water partition coefficient (Wildman–Crippen LogP) is 4.36. The van der Waals surface area contributed by atoms with Crippen LogP contribution in [0.15, 0.2) is 18.2 Å². The zero-order valence-electron chi connectivity index (χ0n) is 12.7. The van der Waals surface area contributed by atoms with E-state index < -0.39 is 0 Å². The van der Waals surface area contributed by atoms with E-state index in [-0.39, 0.29) is 11.6 Å². The van der Waals surface area contributed by atoms with Gasteiger partial charge in [0.05, 0.1) is 0 Å². The Morgan fingerprint density at radius 1 is 1.42 bits per heavy atom. The molecule has 0 saturated heterocycles. The van der Waals surface area contributed by atoms with E-state index in [1.54, 1.807) is 0 Å². The molecule has 1 aromatic carbocycles. The van der Waals surface area contributed by atoms with Gasteiger partial charge < -0.3 is 10.5 Å². The summed E-state index contributed by atoms with van der Waals surface area (Å²) in [5.74, 6) is 1.67. The Morgan fingerprint density at radius 2 is 2.16 bits per heavy atom.